The average molecular weight is 276 g/mol. The largest absolute Gasteiger partial charge is 0.375 e. The molecule has 1 aliphatic carbocycles. The summed E-state index contributed by atoms with van der Waals surface area (Å²) in [6.07, 6.45) is 3.12. The molecule has 0 saturated heterocycles. The van der Waals surface area contributed by atoms with Gasteiger partial charge in [-0.3, -0.25) is 0 Å². The number of nitrogens with zero attached hydrogens (tertiary/aromatic N) is 2. The third-order valence-corrected chi connectivity index (χ3v) is 3.78. The maximum Gasteiger partial charge on any atom is 0.194 e. The molecule has 1 aliphatic rings. The zero-order chi connectivity index (χ0) is 14.8. The van der Waals surface area contributed by atoms with Crippen LogP contribution in [0, 0.1) is 5.41 Å². The maximum atomic E-state index is 5.94. The monoisotopic (exact) mass is 276 g/mol. The van der Waals surface area contributed by atoms with Crippen LogP contribution in [0.25, 0.3) is 0 Å². The SMILES string of the molecule is CC(C)OC1CC(N=C(N)Nc2ccccn2)C1(C)C. The van der Waals surface area contributed by atoms with Crippen LogP contribution in [-0.2, 0) is 4.74 Å². The highest BCUT2D eigenvalue weighted by Gasteiger charge is 2.49. The summed E-state index contributed by atoms with van der Waals surface area (Å²) in [7, 11) is 0. The molecule has 0 aromatic carbocycles. The van der Waals surface area contributed by atoms with Crippen molar-refractivity contribution in [3.63, 3.8) is 0 Å². The fourth-order valence-electron chi connectivity index (χ4n) is 2.41. The number of nitrogens with two attached hydrogens (primary N) is 1. The van der Waals surface area contributed by atoms with Crippen molar-refractivity contribution in [2.45, 2.75) is 52.4 Å². The Morgan fingerprint density at radius 3 is 2.80 bits per heavy atom. The Kier molecular flexibility index (Phi) is 4.28. The van der Waals surface area contributed by atoms with Crippen LogP contribution in [0.2, 0.25) is 0 Å². The normalized spacial score (nSPS) is 25.4. The molecule has 3 N–H and O–H groups in total. The van der Waals surface area contributed by atoms with E-state index in [-0.39, 0.29) is 23.7 Å². The van der Waals surface area contributed by atoms with Gasteiger partial charge in [-0.25, -0.2) is 9.98 Å². The van der Waals surface area contributed by atoms with Crippen LogP contribution in [0.1, 0.15) is 34.1 Å². The standard InChI is InChI=1S/C15H24N4O/c1-10(2)20-12-9-11(15(12,3)4)18-14(16)19-13-7-5-6-8-17-13/h5-8,10-12H,9H2,1-4H3,(H3,16,17,18,19). The van der Waals surface area contributed by atoms with Crippen LogP contribution in [0.4, 0.5) is 5.82 Å². The van der Waals surface area contributed by atoms with Crippen molar-refractivity contribution in [2.75, 3.05) is 5.32 Å². The van der Waals surface area contributed by atoms with Crippen molar-refractivity contribution < 1.29 is 4.74 Å². The summed E-state index contributed by atoms with van der Waals surface area (Å²) in [4.78, 5) is 8.72. The van der Waals surface area contributed by atoms with Gasteiger partial charge in [0.15, 0.2) is 5.96 Å². The van der Waals surface area contributed by atoms with Gasteiger partial charge in [0.05, 0.1) is 18.2 Å². The van der Waals surface area contributed by atoms with Gasteiger partial charge in [0.1, 0.15) is 5.82 Å². The molecular weight excluding hydrogens is 252 g/mol. The number of aromatic nitrogens is 1. The van der Waals surface area contributed by atoms with Crippen molar-refractivity contribution in [1.82, 2.24) is 4.98 Å². The van der Waals surface area contributed by atoms with Gasteiger partial charge in [-0.15, -0.1) is 0 Å². The Balaban J connectivity index is 1.95. The third kappa shape index (κ3) is 3.28. The Labute approximate surface area is 120 Å². The van der Waals surface area contributed by atoms with Crippen molar-refractivity contribution in [2.24, 2.45) is 16.1 Å². The van der Waals surface area contributed by atoms with E-state index in [4.69, 9.17) is 10.5 Å². The van der Waals surface area contributed by atoms with E-state index in [1.807, 2.05) is 18.2 Å². The summed E-state index contributed by atoms with van der Waals surface area (Å²) in [5, 5.41) is 3.01. The summed E-state index contributed by atoms with van der Waals surface area (Å²) in [5.41, 5.74) is 5.96. The second-order valence-electron chi connectivity index (χ2n) is 6.10. The molecule has 2 atom stereocenters. The highest BCUT2D eigenvalue weighted by Crippen LogP contribution is 2.45. The molecular formula is C15H24N4O. The lowest BCUT2D eigenvalue weighted by atomic mass is 9.64. The molecule has 0 spiro atoms. The van der Waals surface area contributed by atoms with Crippen molar-refractivity contribution in [1.29, 1.82) is 0 Å². The van der Waals surface area contributed by atoms with Gasteiger partial charge in [0, 0.05) is 11.6 Å². The van der Waals surface area contributed by atoms with Crippen LogP contribution in [0.3, 0.4) is 0 Å². The third-order valence-electron chi connectivity index (χ3n) is 3.78. The molecule has 0 radical (unpaired) electrons. The number of rotatable bonds is 4. The van der Waals surface area contributed by atoms with Crippen LogP contribution < -0.4 is 11.1 Å². The first-order chi connectivity index (χ1) is 9.39. The van der Waals surface area contributed by atoms with E-state index in [9.17, 15) is 0 Å². The highest BCUT2D eigenvalue weighted by atomic mass is 16.5. The van der Waals surface area contributed by atoms with E-state index in [1.54, 1.807) is 6.20 Å². The van der Waals surface area contributed by atoms with Crippen molar-refractivity contribution in [3.05, 3.63) is 24.4 Å². The number of guanidine groups is 1. The Morgan fingerprint density at radius 1 is 1.50 bits per heavy atom. The molecule has 5 heteroatoms. The quantitative estimate of drug-likeness (QED) is 0.654. The molecule has 110 valence electrons. The lowest BCUT2D eigenvalue weighted by Crippen LogP contribution is -2.55. The van der Waals surface area contributed by atoms with E-state index in [0.29, 0.717) is 11.8 Å². The Morgan fingerprint density at radius 2 is 2.25 bits per heavy atom. The average Bonchev–Trinajstić information content (AvgIpc) is 2.38. The summed E-state index contributed by atoms with van der Waals surface area (Å²) >= 11 is 0. The number of anilines is 1. The van der Waals surface area contributed by atoms with Crippen LogP contribution >= 0.6 is 0 Å². The van der Waals surface area contributed by atoms with Gasteiger partial charge < -0.3 is 15.8 Å². The smallest absolute Gasteiger partial charge is 0.194 e. The predicted molar refractivity (Wildman–Crippen MR) is 81.7 cm³/mol. The number of hydrogen-bond donors (Lipinski definition) is 2. The van der Waals surface area contributed by atoms with Gasteiger partial charge in [-0.2, -0.15) is 0 Å². The van der Waals surface area contributed by atoms with E-state index in [2.05, 4.69) is 43.0 Å². The minimum absolute atomic E-state index is 0.0146. The molecule has 0 bridgehead atoms. The zero-order valence-corrected chi connectivity index (χ0v) is 12.6. The van der Waals surface area contributed by atoms with Gasteiger partial charge in [0.25, 0.3) is 0 Å². The van der Waals surface area contributed by atoms with Crippen LogP contribution in [-0.4, -0.2) is 29.2 Å². The molecule has 1 aromatic rings. The summed E-state index contributed by atoms with van der Waals surface area (Å²) < 4.78 is 5.89. The van der Waals surface area contributed by atoms with Crippen LogP contribution in [0.5, 0.6) is 0 Å². The van der Waals surface area contributed by atoms with Gasteiger partial charge in [-0.1, -0.05) is 19.9 Å². The molecule has 1 aromatic heterocycles. The zero-order valence-electron chi connectivity index (χ0n) is 12.6. The van der Waals surface area contributed by atoms with Crippen molar-refractivity contribution >= 4 is 11.8 Å². The molecule has 5 nitrogen and oxygen atoms in total. The summed E-state index contributed by atoms with van der Waals surface area (Å²) in [6.45, 7) is 8.46. The van der Waals surface area contributed by atoms with Crippen LogP contribution in [0.15, 0.2) is 29.4 Å². The molecule has 2 unspecified atom stereocenters. The van der Waals surface area contributed by atoms with E-state index >= 15 is 0 Å². The molecule has 0 amide bonds. The van der Waals surface area contributed by atoms with E-state index < -0.39 is 0 Å². The van der Waals surface area contributed by atoms with Gasteiger partial charge in [0.2, 0.25) is 0 Å². The number of aliphatic imine (C=N–C) groups is 1. The Bertz CT molecular complexity index is 470. The second-order valence-corrected chi connectivity index (χ2v) is 6.10. The fraction of sp³-hybridized carbons (Fsp3) is 0.600. The summed E-state index contributed by atoms with van der Waals surface area (Å²) in [5.74, 6) is 1.12. The fourth-order valence-corrected chi connectivity index (χ4v) is 2.41. The van der Waals surface area contributed by atoms with Gasteiger partial charge >= 0.3 is 0 Å². The molecule has 0 aliphatic heterocycles. The number of hydrogen-bond acceptors (Lipinski definition) is 3. The second kappa shape index (κ2) is 5.79. The van der Waals surface area contributed by atoms with Gasteiger partial charge in [-0.05, 0) is 32.4 Å². The molecule has 20 heavy (non-hydrogen) atoms. The minimum atomic E-state index is 0.0146. The lowest BCUT2D eigenvalue weighted by Gasteiger charge is -2.50. The first-order valence-electron chi connectivity index (χ1n) is 7.06. The predicted octanol–water partition coefficient (Wildman–Crippen LogP) is 2.40. The van der Waals surface area contributed by atoms with E-state index in [1.165, 1.54) is 0 Å². The summed E-state index contributed by atoms with van der Waals surface area (Å²) in [6, 6.07) is 5.81. The highest BCUT2D eigenvalue weighted by molar-refractivity contribution is 5.91. The number of ether oxygens (including phenoxy) is 1. The maximum absolute atomic E-state index is 5.94. The molecule has 1 fully saturated rings. The lowest BCUT2D eigenvalue weighted by molar-refractivity contribution is -0.129. The first kappa shape index (κ1) is 14.8. The topological polar surface area (TPSA) is 72.5 Å². The number of pyridine rings is 1. The minimum Gasteiger partial charge on any atom is -0.375 e. The molecule has 1 heterocycles. The van der Waals surface area contributed by atoms with Crippen molar-refractivity contribution in [3.8, 4) is 0 Å². The Hall–Kier alpha value is -1.62. The molecule has 1 saturated carbocycles. The molecule has 2 rings (SSSR count). The van der Waals surface area contributed by atoms with E-state index in [0.717, 1.165) is 6.42 Å². The first-order valence-corrected chi connectivity index (χ1v) is 7.06. The number of nitrogens with one attached hydrogen (secondary N) is 1.